The molecule has 3 heterocycles. The number of hydrogen-bond donors (Lipinski definition) is 0. The Kier molecular flexibility index (Phi) is 5.76. The zero-order valence-electron chi connectivity index (χ0n) is 58.7. The third-order valence-electron chi connectivity index (χ3n) is 11.9. The topological polar surface area (TPSA) is 43.6 Å². The molecule has 0 aliphatic rings. The van der Waals surface area contributed by atoms with Crippen molar-refractivity contribution in [3.05, 3.63) is 254 Å². The Hall–Kier alpha value is -8.55. The van der Waals surface area contributed by atoms with Crippen molar-refractivity contribution in [3.63, 3.8) is 0 Å². The highest BCUT2D eigenvalue weighted by molar-refractivity contribution is 7.25. The van der Waals surface area contributed by atoms with Gasteiger partial charge in [0.15, 0.2) is 25.5 Å². The smallest absolute Gasteiger partial charge is 0.179 e. The number of fused-ring (bicyclic) bond motifs is 6. The average molecular weight is 938 g/mol. The average Bonchev–Trinajstić information content (AvgIpc) is 1.50. The van der Waals surface area contributed by atoms with Crippen LogP contribution in [0, 0.1) is 0 Å². The van der Waals surface area contributed by atoms with E-state index in [9.17, 15) is 16.4 Å². The van der Waals surface area contributed by atoms with Crippen LogP contribution in [-0.4, -0.2) is 27.6 Å². The fraction of sp³-hybridized carbons (Fsp3) is 0. The highest BCUT2D eigenvalue weighted by Crippen LogP contribution is 2.37. The van der Waals surface area contributed by atoms with Gasteiger partial charge >= 0.3 is 0 Å². The lowest BCUT2D eigenvalue weighted by Crippen LogP contribution is -2.74. The van der Waals surface area contributed by atoms with Crippen LogP contribution >= 0.6 is 11.3 Å². The van der Waals surface area contributed by atoms with Gasteiger partial charge in [-0.25, -0.2) is 15.0 Å². The van der Waals surface area contributed by atoms with Gasteiger partial charge in [0.25, 0.3) is 0 Å². The van der Waals surface area contributed by atoms with Crippen molar-refractivity contribution in [2.45, 2.75) is 0 Å². The largest absolute Gasteiger partial charge is 0.309 e. The molecular weight excluding hydrogens is 873 g/mol. The summed E-state index contributed by atoms with van der Waals surface area (Å²) in [6.45, 7) is 0. The van der Waals surface area contributed by atoms with Gasteiger partial charge in [-0.3, -0.25) is 0 Å². The Balaban J connectivity index is 1.10. The number of benzene rings is 10. The maximum Gasteiger partial charge on any atom is 0.179 e. The Bertz CT molecular complexity index is 5180. The molecular formula is C63H42N4SSi. The van der Waals surface area contributed by atoms with Crippen molar-refractivity contribution in [2.75, 3.05) is 0 Å². The summed E-state index contributed by atoms with van der Waals surface area (Å²) in [5.41, 5.74) is -3.90. The molecule has 0 spiro atoms. The second-order valence-corrected chi connectivity index (χ2v) is 20.6. The number of hydrogen-bond acceptors (Lipinski definition) is 4. The van der Waals surface area contributed by atoms with E-state index in [0.717, 1.165) is 36.7 Å². The molecule has 0 aliphatic carbocycles. The predicted octanol–water partition coefficient (Wildman–Crippen LogP) is 13.4. The maximum absolute atomic E-state index is 10.0. The molecule has 0 saturated heterocycles. The second-order valence-electron chi connectivity index (χ2n) is 15.7. The molecule has 13 rings (SSSR count). The Morgan fingerprint density at radius 1 is 0.348 bits per heavy atom. The minimum atomic E-state index is -3.19. The molecule has 0 fully saturated rings. The van der Waals surface area contributed by atoms with E-state index in [-0.39, 0.29) is 31.6 Å². The van der Waals surface area contributed by atoms with E-state index in [1.165, 1.54) is 0 Å². The van der Waals surface area contributed by atoms with Gasteiger partial charge < -0.3 is 4.57 Å². The number of aromatic nitrogens is 4. The molecule has 0 radical (unpaired) electrons. The Morgan fingerprint density at radius 2 is 0.826 bits per heavy atom. The first kappa shape index (κ1) is 23.4. The van der Waals surface area contributed by atoms with Gasteiger partial charge in [-0.2, -0.15) is 0 Å². The quantitative estimate of drug-likeness (QED) is 0.107. The summed E-state index contributed by atoms with van der Waals surface area (Å²) in [4.78, 5) is 14.2. The molecule has 0 N–H and O–H groups in total. The molecule has 0 amide bonds. The van der Waals surface area contributed by atoms with Gasteiger partial charge in [-0.15, -0.1) is 11.3 Å². The van der Waals surface area contributed by atoms with Gasteiger partial charge in [0.1, 0.15) is 0 Å². The van der Waals surface area contributed by atoms with Crippen molar-refractivity contribution < 1.29 is 31.5 Å². The van der Waals surface area contributed by atoms with Crippen molar-refractivity contribution >= 4 is 82.1 Å². The molecule has 3 aromatic heterocycles. The van der Waals surface area contributed by atoms with E-state index in [0.29, 0.717) is 0 Å². The number of rotatable bonds is 9. The molecule has 13 aromatic rings. The third-order valence-corrected chi connectivity index (χ3v) is 17.7. The zero-order chi connectivity index (χ0) is 65.7. The van der Waals surface area contributed by atoms with Crippen LogP contribution in [0.1, 0.15) is 31.5 Å². The van der Waals surface area contributed by atoms with E-state index < -0.39 is 208 Å². The fourth-order valence-electron chi connectivity index (χ4n) is 8.84. The van der Waals surface area contributed by atoms with Gasteiger partial charge in [-0.05, 0) is 74.2 Å². The summed E-state index contributed by atoms with van der Waals surface area (Å²) in [7, 11) is -3.19. The summed E-state index contributed by atoms with van der Waals surface area (Å²) in [6.07, 6.45) is 0. The van der Waals surface area contributed by atoms with Gasteiger partial charge in [0.2, 0.25) is 0 Å². The van der Waals surface area contributed by atoms with Gasteiger partial charge in [-0.1, -0.05) is 212 Å². The van der Waals surface area contributed by atoms with Crippen LogP contribution in [0.2, 0.25) is 0 Å². The molecule has 0 aliphatic heterocycles. The summed E-state index contributed by atoms with van der Waals surface area (Å²) in [5.74, 6) is -1.51. The SMILES string of the molecule is [2H]c1c([2H])c(-c2nc(-c3ccc([Si](c4ccccc4)(c4ccccc4)c4ccccc4)cc3)nc(-c3c([2H])c([2H])c(-c4c([2H])c([2H])c5sc6c([2H])c([2H])c([2H])c([2H])c6c5c4[2H])c([2H])c3[2H])n2)c([2H])c(-n2c3c([2H])c([2H])c([2H])c([2H])c3c3c([2H])c([2H])c([2H])c([2H])c32)c1[2H]. The monoisotopic (exact) mass is 937 g/mol. The molecule has 6 heteroatoms. The second kappa shape index (κ2) is 17.0. The first-order chi connectivity index (χ1) is 43.8. The lowest BCUT2D eigenvalue weighted by molar-refractivity contribution is 1.07. The summed E-state index contributed by atoms with van der Waals surface area (Å²) < 4.78 is 211. The molecule has 0 atom stereocenters. The highest BCUT2D eigenvalue weighted by atomic mass is 32.1. The standard InChI is InChI=1S/C63H42N4SSi/c1-4-19-49(20-5-1)69(50-21-6-2-7-22-50,51-23-8-3-9-24-51)52-38-35-45(36-39-52)62-64-61(44-33-31-43(32-34-44)46-37-40-60-56(42-46)55-27-12-15-30-59(55)68-60)65-63(66-62)47-17-16-18-48(41-47)67-57-28-13-10-25-53(57)54-26-11-14-29-58(54)67/h1-42H/i10D,11D,12D,13D,14D,15D,16D,17D,18D,25D,26D,27D,28D,29D,30D,31D,32D,33D,34D,37D,40D,41D,42D. The first-order valence-electron chi connectivity index (χ1n) is 33.0. The highest BCUT2D eigenvalue weighted by Gasteiger charge is 2.41. The third kappa shape index (κ3) is 7.00. The molecule has 0 saturated carbocycles. The molecule has 324 valence electrons. The van der Waals surface area contributed by atoms with E-state index in [2.05, 4.69) is 41.4 Å². The van der Waals surface area contributed by atoms with Crippen LogP contribution in [0.5, 0.6) is 0 Å². The van der Waals surface area contributed by atoms with E-state index in [1.54, 1.807) is 12.1 Å². The van der Waals surface area contributed by atoms with E-state index >= 15 is 0 Å². The van der Waals surface area contributed by atoms with Crippen LogP contribution in [0.3, 0.4) is 0 Å². The van der Waals surface area contributed by atoms with Crippen molar-refractivity contribution in [2.24, 2.45) is 0 Å². The van der Waals surface area contributed by atoms with Crippen LogP contribution in [-0.2, 0) is 0 Å². The summed E-state index contributed by atoms with van der Waals surface area (Å²) in [6, 6.07) is 20.0. The van der Waals surface area contributed by atoms with E-state index in [1.807, 2.05) is 66.7 Å². The molecule has 10 aromatic carbocycles. The van der Waals surface area contributed by atoms with E-state index in [4.69, 9.17) is 25.0 Å². The fourth-order valence-corrected chi connectivity index (χ4v) is 14.5. The number of thiophene rings is 1. The molecule has 0 unspecified atom stereocenters. The predicted molar refractivity (Wildman–Crippen MR) is 292 cm³/mol. The van der Waals surface area contributed by atoms with Crippen LogP contribution < -0.4 is 20.7 Å². The lowest BCUT2D eigenvalue weighted by Gasteiger charge is -2.34. The minimum absolute atomic E-state index is 0.00924. The molecule has 69 heavy (non-hydrogen) atoms. The number of nitrogens with zero attached hydrogens (tertiary/aromatic N) is 4. The van der Waals surface area contributed by atoms with Crippen LogP contribution in [0.25, 0.3) is 93.0 Å². The van der Waals surface area contributed by atoms with Gasteiger partial charge in [0.05, 0.1) is 42.6 Å². The summed E-state index contributed by atoms with van der Waals surface area (Å²) in [5, 5.41) is 2.88. The molecule has 0 bridgehead atoms. The Morgan fingerprint density at radius 3 is 1.43 bits per heavy atom. The van der Waals surface area contributed by atoms with Crippen LogP contribution in [0.15, 0.2) is 254 Å². The van der Waals surface area contributed by atoms with Gasteiger partial charge in [0, 0.05) is 53.3 Å². The normalized spacial score (nSPS) is 16.4. The zero-order valence-corrected chi connectivity index (χ0v) is 37.5. The maximum atomic E-state index is 10.0. The van der Waals surface area contributed by atoms with Crippen molar-refractivity contribution in [3.8, 4) is 51.0 Å². The minimum Gasteiger partial charge on any atom is -0.309 e. The first-order valence-corrected chi connectivity index (χ1v) is 24.3. The molecule has 4 nitrogen and oxygen atoms in total. The van der Waals surface area contributed by atoms with Crippen LogP contribution in [0.4, 0.5) is 0 Å². The summed E-state index contributed by atoms with van der Waals surface area (Å²) >= 11 is 0.767. The van der Waals surface area contributed by atoms with Crippen molar-refractivity contribution in [1.29, 1.82) is 0 Å². The lowest BCUT2D eigenvalue weighted by atomic mass is 10.0. The van der Waals surface area contributed by atoms with Crippen molar-refractivity contribution in [1.82, 2.24) is 19.5 Å². The Labute approximate surface area is 437 Å². The number of para-hydroxylation sites is 2.